The lowest BCUT2D eigenvalue weighted by Crippen LogP contribution is -2.67. The molecule has 13 heteroatoms. The van der Waals surface area contributed by atoms with Gasteiger partial charge in [0.15, 0.2) is 11.3 Å². The van der Waals surface area contributed by atoms with E-state index >= 15 is 0 Å². The first-order chi connectivity index (χ1) is 22.1. The summed E-state index contributed by atoms with van der Waals surface area (Å²) in [7, 11) is 4.13. The number of rotatable bonds is 6. The summed E-state index contributed by atoms with van der Waals surface area (Å²) in [6, 6.07) is 8.18. The SMILES string of the molecule is CN(C)C1(C)CN(c2nc3c(Cl)c(-c4ccc(F)c5cccnc45)c(Cl)cc3c3c2nnn3C2CCN(C(=O)/C=C/CF)CC2)C1. The van der Waals surface area contributed by atoms with Crippen LogP contribution in [0.5, 0.6) is 0 Å². The van der Waals surface area contributed by atoms with Crippen LogP contribution in [-0.2, 0) is 4.79 Å². The van der Waals surface area contributed by atoms with Crippen LogP contribution in [0, 0.1) is 5.82 Å². The molecule has 0 aliphatic carbocycles. The van der Waals surface area contributed by atoms with E-state index in [1.54, 1.807) is 29.3 Å². The molecule has 3 aromatic heterocycles. The average molecular weight is 666 g/mol. The zero-order valence-corrected chi connectivity index (χ0v) is 27.2. The summed E-state index contributed by atoms with van der Waals surface area (Å²) in [5.41, 5.74) is 3.47. The number of pyridine rings is 2. The van der Waals surface area contributed by atoms with Gasteiger partial charge in [-0.3, -0.25) is 9.78 Å². The monoisotopic (exact) mass is 664 g/mol. The molecule has 2 saturated heterocycles. The summed E-state index contributed by atoms with van der Waals surface area (Å²) in [5.74, 6) is 0.0892. The minimum atomic E-state index is -0.679. The Labute approximate surface area is 274 Å². The second kappa shape index (κ2) is 11.7. The van der Waals surface area contributed by atoms with Crippen LogP contribution in [0.15, 0.2) is 48.7 Å². The van der Waals surface area contributed by atoms with Crippen molar-refractivity contribution in [2.45, 2.75) is 31.3 Å². The Morgan fingerprint density at radius 1 is 1.11 bits per heavy atom. The van der Waals surface area contributed by atoms with Crippen LogP contribution in [0.1, 0.15) is 25.8 Å². The van der Waals surface area contributed by atoms with Gasteiger partial charge in [-0.15, -0.1) is 5.10 Å². The fourth-order valence-corrected chi connectivity index (χ4v) is 7.31. The fraction of sp³-hybridized carbons (Fsp3) is 0.364. The van der Waals surface area contributed by atoms with Crippen molar-refractivity contribution in [1.29, 1.82) is 0 Å². The van der Waals surface area contributed by atoms with Crippen LogP contribution in [0.4, 0.5) is 14.6 Å². The first kappa shape index (κ1) is 30.7. The number of likely N-dealkylation sites (tertiary alicyclic amines) is 1. The smallest absolute Gasteiger partial charge is 0.246 e. The van der Waals surface area contributed by atoms with Gasteiger partial charge < -0.3 is 14.7 Å². The predicted octanol–water partition coefficient (Wildman–Crippen LogP) is 6.47. The van der Waals surface area contributed by atoms with Gasteiger partial charge in [0, 0.05) is 60.4 Å². The summed E-state index contributed by atoms with van der Waals surface area (Å²) < 4.78 is 29.2. The lowest BCUT2D eigenvalue weighted by atomic mass is 9.90. The molecule has 238 valence electrons. The number of carbonyl (C=O) groups is 1. The number of fused-ring (bicyclic) bond motifs is 4. The van der Waals surface area contributed by atoms with Gasteiger partial charge in [-0.05, 0) is 70.3 Å². The minimum absolute atomic E-state index is 0.0391. The number of alkyl halides is 1. The molecule has 5 heterocycles. The third-order valence-corrected chi connectivity index (χ3v) is 10.1. The van der Waals surface area contributed by atoms with Crippen molar-refractivity contribution in [3.05, 3.63) is 64.5 Å². The van der Waals surface area contributed by atoms with Crippen molar-refractivity contribution < 1.29 is 13.6 Å². The fourth-order valence-electron chi connectivity index (χ4n) is 6.61. The Bertz CT molecular complexity index is 2030. The van der Waals surface area contributed by atoms with Crippen LogP contribution < -0.4 is 4.90 Å². The summed E-state index contributed by atoms with van der Waals surface area (Å²) >= 11 is 14.3. The second-order valence-corrected chi connectivity index (χ2v) is 13.3. The first-order valence-electron chi connectivity index (χ1n) is 15.2. The Morgan fingerprint density at radius 3 is 2.59 bits per heavy atom. The minimum Gasteiger partial charge on any atom is -0.351 e. The Morgan fingerprint density at radius 2 is 1.87 bits per heavy atom. The van der Waals surface area contributed by atoms with E-state index in [0.29, 0.717) is 80.2 Å². The predicted molar refractivity (Wildman–Crippen MR) is 178 cm³/mol. The first-order valence-corrected chi connectivity index (χ1v) is 15.9. The van der Waals surface area contributed by atoms with Gasteiger partial charge in [0.2, 0.25) is 5.91 Å². The number of hydrogen-bond acceptors (Lipinski definition) is 7. The molecule has 0 bridgehead atoms. The molecule has 2 aliphatic heterocycles. The maximum absolute atomic E-state index is 14.7. The normalized spacial score (nSPS) is 17.2. The lowest BCUT2D eigenvalue weighted by molar-refractivity contribution is -0.127. The molecule has 1 amide bonds. The highest BCUT2D eigenvalue weighted by Crippen LogP contribution is 2.46. The highest BCUT2D eigenvalue weighted by atomic mass is 35.5. The molecule has 2 aliphatic rings. The molecule has 7 rings (SSSR count). The molecule has 0 radical (unpaired) electrons. The summed E-state index contributed by atoms with van der Waals surface area (Å²) in [6.07, 6.45) is 5.40. The van der Waals surface area contributed by atoms with E-state index < -0.39 is 6.67 Å². The number of nitrogens with zero attached hydrogens (tertiary/aromatic N) is 8. The molecule has 2 fully saturated rings. The molecule has 0 unspecified atom stereocenters. The molecule has 46 heavy (non-hydrogen) atoms. The number of carbonyl (C=O) groups excluding carboxylic acids is 1. The van der Waals surface area contributed by atoms with E-state index in [2.05, 4.69) is 46.1 Å². The summed E-state index contributed by atoms with van der Waals surface area (Å²) in [6.45, 7) is 3.99. The second-order valence-electron chi connectivity index (χ2n) is 12.5. The number of piperidine rings is 1. The third kappa shape index (κ3) is 4.96. The van der Waals surface area contributed by atoms with Gasteiger partial charge in [-0.2, -0.15) is 0 Å². The Hall–Kier alpha value is -3.93. The van der Waals surface area contributed by atoms with Gasteiger partial charge in [0.05, 0.1) is 32.7 Å². The molecule has 2 aromatic carbocycles. The van der Waals surface area contributed by atoms with Crippen LogP contribution >= 0.6 is 23.2 Å². The highest BCUT2D eigenvalue weighted by Gasteiger charge is 2.43. The Kier molecular flexibility index (Phi) is 7.81. The molecular weight excluding hydrogens is 633 g/mol. The number of allylic oxidation sites excluding steroid dienone is 1. The molecule has 0 saturated carbocycles. The summed E-state index contributed by atoms with van der Waals surface area (Å²) in [4.78, 5) is 28.2. The number of amides is 1. The average Bonchev–Trinajstić information content (AvgIpc) is 3.49. The van der Waals surface area contributed by atoms with Crippen LogP contribution in [0.3, 0.4) is 0 Å². The topological polar surface area (TPSA) is 83.3 Å². The number of aromatic nitrogens is 5. The molecule has 9 nitrogen and oxygen atoms in total. The van der Waals surface area contributed by atoms with Crippen molar-refractivity contribution in [1.82, 2.24) is 34.8 Å². The zero-order valence-electron chi connectivity index (χ0n) is 25.6. The lowest BCUT2D eigenvalue weighted by Gasteiger charge is -2.52. The van der Waals surface area contributed by atoms with Crippen molar-refractivity contribution in [2.75, 3.05) is 51.8 Å². The number of benzene rings is 2. The number of halogens is 4. The van der Waals surface area contributed by atoms with Gasteiger partial charge in [-0.25, -0.2) is 18.4 Å². The van der Waals surface area contributed by atoms with Gasteiger partial charge >= 0.3 is 0 Å². The van der Waals surface area contributed by atoms with E-state index in [1.807, 2.05) is 10.7 Å². The molecule has 0 atom stereocenters. The van der Waals surface area contributed by atoms with Crippen LogP contribution in [0.25, 0.3) is 44.0 Å². The maximum atomic E-state index is 14.7. The Balaban J connectivity index is 1.39. The highest BCUT2D eigenvalue weighted by molar-refractivity contribution is 6.44. The third-order valence-electron chi connectivity index (χ3n) is 9.47. The van der Waals surface area contributed by atoms with E-state index in [1.165, 1.54) is 18.2 Å². The van der Waals surface area contributed by atoms with Gasteiger partial charge in [-0.1, -0.05) is 28.4 Å². The van der Waals surface area contributed by atoms with E-state index in [9.17, 15) is 13.6 Å². The van der Waals surface area contributed by atoms with Gasteiger partial charge in [0.25, 0.3) is 0 Å². The molecule has 5 aromatic rings. The van der Waals surface area contributed by atoms with Crippen molar-refractivity contribution in [2.24, 2.45) is 0 Å². The van der Waals surface area contributed by atoms with Crippen LogP contribution in [0.2, 0.25) is 10.0 Å². The van der Waals surface area contributed by atoms with Gasteiger partial charge in [0.1, 0.15) is 18.0 Å². The van der Waals surface area contributed by atoms with E-state index in [4.69, 9.17) is 28.2 Å². The standard InChI is InChI=1S/C33H32Cl2F2N8O/c1-33(42(2)3)17-44(18-33)32-30-31(45(41-40-30)19-10-14-43(15-11-19)25(46)7-4-12-36)22-16-23(34)26(27(35)29(22)39-32)21-8-9-24(37)20-6-5-13-38-28(20)21/h4-9,13,16,19H,10-12,14-15,17-18H2,1-3H3/b7-4+. The zero-order chi connectivity index (χ0) is 32.3. The van der Waals surface area contributed by atoms with Crippen LogP contribution in [-0.4, -0.2) is 93.2 Å². The maximum Gasteiger partial charge on any atom is 0.246 e. The molecular formula is C33H32Cl2F2N8O. The quantitative estimate of drug-likeness (QED) is 0.192. The number of anilines is 1. The largest absolute Gasteiger partial charge is 0.351 e. The van der Waals surface area contributed by atoms with E-state index in [0.717, 1.165) is 18.6 Å². The number of likely N-dealkylation sites (N-methyl/N-ethyl adjacent to an activating group) is 1. The molecule has 0 spiro atoms. The van der Waals surface area contributed by atoms with E-state index in [-0.39, 0.29) is 23.3 Å². The van der Waals surface area contributed by atoms with Crippen molar-refractivity contribution in [3.8, 4) is 11.1 Å². The van der Waals surface area contributed by atoms with Crippen molar-refractivity contribution in [3.63, 3.8) is 0 Å². The van der Waals surface area contributed by atoms with Crippen molar-refractivity contribution >= 4 is 67.8 Å². The summed E-state index contributed by atoms with van der Waals surface area (Å²) in [5, 5.41) is 11.0. The number of hydrogen-bond donors (Lipinski definition) is 0. The molecule has 0 N–H and O–H groups in total.